The first kappa shape index (κ1) is 27.9. The number of aromatic nitrogens is 1. The molecule has 0 saturated carbocycles. The van der Waals surface area contributed by atoms with Gasteiger partial charge in [-0.2, -0.15) is 0 Å². The number of carbonyl (C=O) groups excluding carboxylic acids is 3. The van der Waals surface area contributed by atoms with Crippen molar-refractivity contribution in [3.8, 4) is 11.5 Å². The summed E-state index contributed by atoms with van der Waals surface area (Å²) in [6.07, 6.45) is 1.32. The molecule has 0 spiro atoms. The number of hydrogen-bond donors (Lipinski definition) is 1. The van der Waals surface area contributed by atoms with Gasteiger partial charge in [0, 0.05) is 36.3 Å². The SMILES string of the molecule is COc1ccnc(C(=O)NC(C)C(=O)ON(C)C(c2ccc(Cl)cc2)c2ccc(Cl)cc2)c1OC(C)=O. The smallest absolute Gasteiger partial charge is 0.347 e. The maximum Gasteiger partial charge on any atom is 0.347 e. The molecule has 0 fully saturated rings. The number of ether oxygens (including phenoxy) is 2. The lowest BCUT2D eigenvalue weighted by molar-refractivity contribution is -0.193. The first-order valence-corrected chi connectivity index (χ1v) is 11.8. The molecule has 1 unspecified atom stereocenters. The topological polar surface area (TPSA) is 107 Å². The summed E-state index contributed by atoms with van der Waals surface area (Å²) in [5.74, 6) is -2.17. The number of halogens is 2. The van der Waals surface area contributed by atoms with Crippen LogP contribution < -0.4 is 14.8 Å². The van der Waals surface area contributed by atoms with Gasteiger partial charge in [0.05, 0.1) is 13.2 Å². The molecular formula is C26H25Cl2N3O6. The Labute approximate surface area is 224 Å². The molecule has 37 heavy (non-hydrogen) atoms. The summed E-state index contributed by atoms with van der Waals surface area (Å²) in [5, 5.41) is 5.02. The summed E-state index contributed by atoms with van der Waals surface area (Å²) >= 11 is 12.1. The minimum absolute atomic E-state index is 0.138. The first-order valence-electron chi connectivity index (χ1n) is 11.1. The molecule has 2 aromatic carbocycles. The highest BCUT2D eigenvalue weighted by molar-refractivity contribution is 6.30. The molecule has 0 radical (unpaired) electrons. The molecule has 194 valence electrons. The van der Waals surface area contributed by atoms with E-state index in [4.69, 9.17) is 37.5 Å². The van der Waals surface area contributed by atoms with Crippen molar-refractivity contribution in [1.29, 1.82) is 0 Å². The van der Waals surface area contributed by atoms with E-state index >= 15 is 0 Å². The second-order valence-corrected chi connectivity index (χ2v) is 8.81. The Kier molecular flexibility index (Phi) is 9.46. The fourth-order valence-corrected chi connectivity index (χ4v) is 3.75. The van der Waals surface area contributed by atoms with Crippen LogP contribution in [0.3, 0.4) is 0 Å². The molecule has 11 heteroatoms. The quantitative estimate of drug-likeness (QED) is 0.306. The molecule has 3 aromatic rings. The number of nitrogens with zero attached hydrogens (tertiary/aromatic N) is 2. The van der Waals surface area contributed by atoms with Gasteiger partial charge in [-0.05, 0) is 42.3 Å². The summed E-state index contributed by atoms with van der Waals surface area (Å²) in [7, 11) is 2.96. The maximum atomic E-state index is 12.9. The third-order valence-corrected chi connectivity index (χ3v) is 5.72. The van der Waals surface area contributed by atoms with Crippen molar-refractivity contribution >= 4 is 41.0 Å². The molecule has 0 aliphatic carbocycles. The number of methoxy groups -OCH3 is 1. The molecule has 1 amide bonds. The van der Waals surface area contributed by atoms with Crippen molar-refractivity contribution in [2.45, 2.75) is 25.9 Å². The van der Waals surface area contributed by atoms with Crippen LogP contribution in [0, 0.1) is 0 Å². The predicted octanol–water partition coefficient (Wildman–Crippen LogP) is 4.62. The van der Waals surface area contributed by atoms with Crippen molar-refractivity contribution in [2.75, 3.05) is 14.2 Å². The largest absolute Gasteiger partial charge is 0.493 e. The molecule has 0 saturated heterocycles. The Balaban J connectivity index is 1.78. The molecule has 0 aliphatic rings. The number of rotatable bonds is 9. The Morgan fingerprint density at radius 3 is 1.97 bits per heavy atom. The highest BCUT2D eigenvalue weighted by atomic mass is 35.5. The van der Waals surface area contributed by atoms with Gasteiger partial charge in [0.25, 0.3) is 5.91 Å². The zero-order chi connectivity index (χ0) is 27.1. The van der Waals surface area contributed by atoms with Crippen molar-refractivity contribution in [2.24, 2.45) is 0 Å². The van der Waals surface area contributed by atoms with Crippen LogP contribution in [0.25, 0.3) is 0 Å². The van der Waals surface area contributed by atoms with Gasteiger partial charge in [-0.25, -0.2) is 9.78 Å². The van der Waals surface area contributed by atoms with Crippen molar-refractivity contribution < 1.29 is 28.7 Å². The minimum atomic E-state index is -1.08. The fraction of sp³-hybridized carbons (Fsp3) is 0.231. The Hall–Kier alpha value is -3.66. The van der Waals surface area contributed by atoms with E-state index in [1.54, 1.807) is 31.3 Å². The number of benzene rings is 2. The molecule has 1 atom stereocenters. The van der Waals surface area contributed by atoms with E-state index in [9.17, 15) is 14.4 Å². The first-order chi connectivity index (χ1) is 17.6. The van der Waals surface area contributed by atoms with Crippen LogP contribution >= 0.6 is 23.2 Å². The molecule has 3 rings (SSSR count). The van der Waals surface area contributed by atoms with E-state index in [0.717, 1.165) is 11.1 Å². The van der Waals surface area contributed by atoms with E-state index in [1.807, 2.05) is 24.3 Å². The third kappa shape index (κ3) is 7.19. The Morgan fingerprint density at radius 2 is 1.49 bits per heavy atom. The van der Waals surface area contributed by atoms with Crippen LogP contribution in [0.2, 0.25) is 10.0 Å². The van der Waals surface area contributed by atoms with E-state index in [2.05, 4.69) is 10.3 Å². The van der Waals surface area contributed by atoms with Gasteiger partial charge in [-0.1, -0.05) is 47.5 Å². The van der Waals surface area contributed by atoms with Crippen LogP contribution in [-0.2, 0) is 14.4 Å². The number of amides is 1. The number of hydrogen-bond acceptors (Lipinski definition) is 8. The predicted molar refractivity (Wildman–Crippen MR) is 138 cm³/mol. The molecule has 1 N–H and O–H groups in total. The number of hydroxylamine groups is 2. The summed E-state index contributed by atoms with van der Waals surface area (Å²) in [6, 6.07) is 14.1. The molecule has 1 heterocycles. The Bertz CT molecular complexity index is 1220. The van der Waals surface area contributed by atoms with E-state index in [-0.39, 0.29) is 17.2 Å². The van der Waals surface area contributed by atoms with Crippen LogP contribution in [0.4, 0.5) is 0 Å². The number of esters is 1. The Morgan fingerprint density at radius 1 is 0.946 bits per heavy atom. The van der Waals surface area contributed by atoms with Crippen molar-refractivity contribution in [3.63, 3.8) is 0 Å². The van der Waals surface area contributed by atoms with E-state index in [0.29, 0.717) is 10.0 Å². The summed E-state index contributed by atoms with van der Waals surface area (Å²) in [4.78, 5) is 46.9. The minimum Gasteiger partial charge on any atom is -0.493 e. The van der Waals surface area contributed by atoms with Crippen LogP contribution in [-0.4, -0.2) is 48.1 Å². The molecular weight excluding hydrogens is 521 g/mol. The molecule has 0 aliphatic heterocycles. The van der Waals surface area contributed by atoms with Gasteiger partial charge in [-0.15, -0.1) is 5.06 Å². The lowest BCUT2D eigenvalue weighted by Gasteiger charge is -2.28. The standard InChI is InChI=1S/C26H25Cl2N3O6/c1-15(30-25(33)22-24(36-16(2)32)21(35-4)13-14-29-22)26(34)37-31(3)23(17-5-9-19(27)10-6-17)18-7-11-20(28)12-8-18/h5-15,23H,1-4H3,(H,30,33). The van der Waals surface area contributed by atoms with Gasteiger partial charge in [0.1, 0.15) is 6.04 Å². The zero-order valence-electron chi connectivity index (χ0n) is 20.5. The summed E-state index contributed by atoms with van der Waals surface area (Å²) in [6.45, 7) is 2.64. The zero-order valence-corrected chi connectivity index (χ0v) is 22.0. The average molecular weight is 546 g/mol. The summed E-state index contributed by atoms with van der Waals surface area (Å²) < 4.78 is 10.3. The highest BCUT2D eigenvalue weighted by Crippen LogP contribution is 2.31. The van der Waals surface area contributed by atoms with Crippen LogP contribution in [0.5, 0.6) is 11.5 Å². The number of nitrogens with one attached hydrogen (secondary N) is 1. The lowest BCUT2D eigenvalue weighted by Crippen LogP contribution is -2.43. The molecule has 0 bridgehead atoms. The number of pyridine rings is 1. The third-order valence-electron chi connectivity index (χ3n) is 5.22. The lowest BCUT2D eigenvalue weighted by atomic mass is 9.99. The molecule has 9 nitrogen and oxygen atoms in total. The highest BCUT2D eigenvalue weighted by Gasteiger charge is 2.28. The van der Waals surface area contributed by atoms with Gasteiger partial charge in [0.15, 0.2) is 11.4 Å². The van der Waals surface area contributed by atoms with Gasteiger partial charge >= 0.3 is 11.9 Å². The van der Waals surface area contributed by atoms with Crippen molar-refractivity contribution in [1.82, 2.24) is 15.4 Å². The van der Waals surface area contributed by atoms with Crippen LogP contribution in [0.1, 0.15) is 41.5 Å². The normalized spacial score (nSPS) is 11.7. The second-order valence-electron chi connectivity index (χ2n) is 7.94. The van der Waals surface area contributed by atoms with Crippen molar-refractivity contribution in [3.05, 3.63) is 87.7 Å². The van der Waals surface area contributed by atoms with Gasteiger partial charge in [0.2, 0.25) is 5.75 Å². The number of carbonyl (C=O) groups is 3. The monoisotopic (exact) mass is 545 g/mol. The van der Waals surface area contributed by atoms with E-state index < -0.39 is 29.9 Å². The fourth-order valence-electron chi connectivity index (χ4n) is 3.50. The van der Waals surface area contributed by atoms with E-state index in [1.165, 1.54) is 38.3 Å². The molecule has 1 aromatic heterocycles. The summed E-state index contributed by atoms with van der Waals surface area (Å²) in [5.41, 5.74) is 1.40. The maximum absolute atomic E-state index is 12.9. The van der Waals surface area contributed by atoms with Gasteiger partial charge in [-0.3, -0.25) is 9.59 Å². The van der Waals surface area contributed by atoms with Crippen LogP contribution in [0.15, 0.2) is 60.8 Å². The van der Waals surface area contributed by atoms with Gasteiger partial charge < -0.3 is 19.6 Å². The second kappa shape index (κ2) is 12.5. The average Bonchev–Trinajstić information content (AvgIpc) is 2.86.